The maximum atomic E-state index is 14.3. The van der Waals surface area contributed by atoms with Crippen molar-refractivity contribution in [3.63, 3.8) is 0 Å². The smallest absolute Gasteiger partial charge is 0.339 e. The highest BCUT2D eigenvalue weighted by Gasteiger charge is 2.26. The van der Waals surface area contributed by atoms with E-state index in [2.05, 4.69) is 26.0 Å². The van der Waals surface area contributed by atoms with Crippen molar-refractivity contribution in [2.45, 2.75) is 0 Å². The van der Waals surface area contributed by atoms with Gasteiger partial charge in [-0.05, 0) is 23.8 Å². The second-order valence-electron chi connectivity index (χ2n) is 5.69. The SMILES string of the molecule is COc1c(F)c(F)cc(C(=O)Nc2scc(-c3cccc(Br)c3)c2C(=O)O)c1F. The van der Waals surface area contributed by atoms with Crippen LogP contribution in [0.2, 0.25) is 0 Å². The Balaban J connectivity index is 2.03. The molecule has 3 aromatic rings. The molecule has 3 rings (SSSR count). The molecule has 0 unspecified atom stereocenters. The van der Waals surface area contributed by atoms with E-state index in [4.69, 9.17) is 0 Å². The minimum atomic E-state index is -1.57. The van der Waals surface area contributed by atoms with E-state index in [-0.39, 0.29) is 10.6 Å². The van der Waals surface area contributed by atoms with Gasteiger partial charge in [0.05, 0.1) is 12.7 Å². The lowest BCUT2D eigenvalue weighted by atomic mass is 10.0. The van der Waals surface area contributed by atoms with Gasteiger partial charge in [0, 0.05) is 15.4 Å². The molecule has 1 heterocycles. The van der Waals surface area contributed by atoms with Gasteiger partial charge in [-0.15, -0.1) is 11.3 Å². The standard InChI is InChI=1S/C19H11BrF3NO4S/c1-28-16-14(22)10(6-12(21)15(16)23)17(25)24-18-13(19(26)27)11(7-29-18)8-3-2-4-9(20)5-8/h2-7H,1H3,(H,24,25)(H,26,27). The van der Waals surface area contributed by atoms with Crippen LogP contribution in [-0.2, 0) is 0 Å². The molecule has 2 aromatic carbocycles. The number of benzene rings is 2. The molecule has 1 aromatic heterocycles. The zero-order valence-electron chi connectivity index (χ0n) is 14.6. The highest BCUT2D eigenvalue weighted by Crippen LogP contribution is 2.37. The number of aromatic carboxylic acids is 1. The Hall–Kier alpha value is -2.85. The first-order chi connectivity index (χ1) is 13.7. The van der Waals surface area contributed by atoms with Gasteiger partial charge in [0.15, 0.2) is 17.4 Å². The van der Waals surface area contributed by atoms with Crippen molar-refractivity contribution in [3.8, 4) is 16.9 Å². The molecule has 0 saturated carbocycles. The van der Waals surface area contributed by atoms with Crippen LogP contribution in [0.4, 0.5) is 18.2 Å². The molecular formula is C19H11BrF3NO4S. The molecule has 5 nitrogen and oxygen atoms in total. The molecule has 0 radical (unpaired) electrons. The number of amides is 1. The average molecular weight is 486 g/mol. The summed E-state index contributed by atoms with van der Waals surface area (Å²) in [5, 5.41) is 13.3. The van der Waals surface area contributed by atoms with E-state index in [1.54, 1.807) is 24.3 Å². The lowest BCUT2D eigenvalue weighted by molar-refractivity contribution is 0.0699. The number of carbonyl (C=O) groups is 2. The lowest BCUT2D eigenvalue weighted by Gasteiger charge is -2.10. The Labute approximate surface area is 174 Å². The monoisotopic (exact) mass is 485 g/mol. The summed E-state index contributed by atoms with van der Waals surface area (Å²) in [7, 11) is 0.925. The zero-order chi connectivity index (χ0) is 21.3. The van der Waals surface area contributed by atoms with E-state index in [0.29, 0.717) is 17.2 Å². The predicted molar refractivity (Wildman–Crippen MR) is 105 cm³/mol. The maximum Gasteiger partial charge on any atom is 0.339 e. The first-order valence-electron chi connectivity index (χ1n) is 7.88. The zero-order valence-corrected chi connectivity index (χ0v) is 17.0. The summed E-state index contributed by atoms with van der Waals surface area (Å²) >= 11 is 4.20. The number of thiophene rings is 1. The molecule has 1 amide bonds. The third-order valence-electron chi connectivity index (χ3n) is 3.93. The summed E-state index contributed by atoms with van der Waals surface area (Å²) in [6, 6.07) is 7.23. The number of carboxylic acid groups (broad SMARTS) is 1. The van der Waals surface area contributed by atoms with Gasteiger partial charge in [-0.1, -0.05) is 28.1 Å². The van der Waals surface area contributed by atoms with E-state index in [9.17, 15) is 27.9 Å². The van der Waals surface area contributed by atoms with E-state index < -0.39 is 40.6 Å². The third kappa shape index (κ3) is 3.99. The second-order valence-corrected chi connectivity index (χ2v) is 7.49. The molecule has 2 N–H and O–H groups in total. The largest absolute Gasteiger partial charge is 0.491 e. The summed E-state index contributed by atoms with van der Waals surface area (Å²) in [4.78, 5) is 24.2. The minimum Gasteiger partial charge on any atom is -0.491 e. The normalized spacial score (nSPS) is 10.7. The van der Waals surface area contributed by atoms with Crippen molar-refractivity contribution in [3.05, 3.63) is 68.8 Å². The topological polar surface area (TPSA) is 75.6 Å². The molecule has 0 aliphatic heterocycles. The number of hydrogen-bond donors (Lipinski definition) is 2. The van der Waals surface area contributed by atoms with Crippen molar-refractivity contribution in [2.24, 2.45) is 0 Å². The third-order valence-corrected chi connectivity index (χ3v) is 5.32. The number of carboxylic acids is 1. The highest BCUT2D eigenvalue weighted by molar-refractivity contribution is 9.10. The number of ether oxygens (including phenoxy) is 1. The summed E-state index contributed by atoms with van der Waals surface area (Å²) in [6.45, 7) is 0. The fourth-order valence-corrected chi connectivity index (χ4v) is 3.98. The molecule has 150 valence electrons. The first kappa shape index (κ1) is 20.9. The quantitative estimate of drug-likeness (QED) is 0.464. The minimum absolute atomic E-state index is 0.0828. The van der Waals surface area contributed by atoms with Crippen molar-refractivity contribution < 1.29 is 32.6 Å². The van der Waals surface area contributed by atoms with Crippen molar-refractivity contribution >= 4 is 44.1 Å². The molecule has 0 saturated heterocycles. The van der Waals surface area contributed by atoms with Crippen molar-refractivity contribution in [1.29, 1.82) is 0 Å². The van der Waals surface area contributed by atoms with Crippen LogP contribution in [0.1, 0.15) is 20.7 Å². The van der Waals surface area contributed by atoms with Gasteiger partial charge in [-0.2, -0.15) is 4.39 Å². The molecule has 0 spiro atoms. The fourth-order valence-electron chi connectivity index (χ4n) is 2.63. The molecule has 0 atom stereocenters. The number of carbonyl (C=O) groups excluding carboxylic acids is 1. The van der Waals surface area contributed by atoms with Crippen LogP contribution < -0.4 is 10.1 Å². The van der Waals surface area contributed by atoms with Gasteiger partial charge >= 0.3 is 5.97 Å². The Bertz CT molecular complexity index is 1130. The van der Waals surface area contributed by atoms with Crippen LogP contribution in [-0.4, -0.2) is 24.1 Å². The maximum absolute atomic E-state index is 14.3. The van der Waals surface area contributed by atoms with Crippen molar-refractivity contribution in [1.82, 2.24) is 0 Å². The van der Waals surface area contributed by atoms with E-state index in [1.807, 2.05) is 0 Å². The van der Waals surface area contributed by atoms with Gasteiger partial charge in [-0.25, -0.2) is 13.6 Å². The van der Waals surface area contributed by atoms with Crippen LogP contribution in [0, 0.1) is 17.5 Å². The van der Waals surface area contributed by atoms with Crippen LogP contribution in [0.5, 0.6) is 5.75 Å². The summed E-state index contributed by atoms with van der Waals surface area (Å²) in [5.74, 6) is -7.96. The van der Waals surface area contributed by atoms with Crippen LogP contribution >= 0.6 is 27.3 Å². The molecule has 10 heteroatoms. The number of rotatable bonds is 5. The van der Waals surface area contributed by atoms with Crippen molar-refractivity contribution in [2.75, 3.05) is 12.4 Å². The number of halogens is 4. The molecule has 0 fully saturated rings. The average Bonchev–Trinajstić information content (AvgIpc) is 3.09. The number of methoxy groups -OCH3 is 1. The number of hydrogen-bond acceptors (Lipinski definition) is 4. The Morgan fingerprint density at radius 1 is 1.17 bits per heavy atom. The van der Waals surface area contributed by atoms with E-state index >= 15 is 0 Å². The summed E-state index contributed by atoms with van der Waals surface area (Å²) < 4.78 is 46.8. The Morgan fingerprint density at radius 2 is 1.90 bits per heavy atom. The number of nitrogens with one attached hydrogen (secondary N) is 1. The van der Waals surface area contributed by atoms with Gasteiger partial charge in [-0.3, -0.25) is 4.79 Å². The summed E-state index contributed by atoms with van der Waals surface area (Å²) in [6.07, 6.45) is 0. The van der Waals surface area contributed by atoms with E-state index in [0.717, 1.165) is 22.9 Å². The Morgan fingerprint density at radius 3 is 2.52 bits per heavy atom. The van der Waals surface area contributed by atoms with Crippen LogP contribution in [0.15, 0.2) is 40.2 Å². The highest BCUT2D eigenvalue weighted by atomic mass is 79.9. The predicted octanol–water partition coefficient (Wildman–Crippen LogP) is 5.55. The van der Waals surface area contributed by atoms with Gasteiger partial charge < -0.3 is 15.2 Å². The molecule has 29 heavy (non-hydrogen) atoms. The lowest BCUT2D eigenvalue weighted by Crippen LogP contribution is -2.16. The van der Waals surface area contributed by atoms with Gasteiger partial charge in [0.25, 0.3) is 5.91 Å². The van der Waals surface area contributed by atoms with E-state index in [1.165, 1.54) is 5.38 Å². The fraction of sp³-hybridized carbons (Fsp3) is 0.0526. The van der Waals surface area contributed by atoms with Crippen LogP contribution in [0.3, 0.4) is 0 Å². The summed E-state index contributed by atoms with van der Waals surface area (Å²) in [5.41, 5.74) is -0.123. The first-order valence-corrected chi connectivity index (χ1v) is 9.55. The Kier molecular flexibility index (Phi) is 5.94. The number of anilines is 1. The van der Waals surface area contributed by atoms with Gasteiger partial charge in [0.1, 0.15) is 10.6 Å². The van der Waals surface area contributed by atoms with Crippen LogP contribution in [0.25, 0.3) is 11.1 Å². The molecular weight excluding hydrogens is 475 g/mol. The molecule has 0 bridgehead atoms. The van der Waals surface area contributed by atoms with Gasteiger partial charge in [0.2, 0.25) is 5.82 Å². The molecule has 0 aliphatic rings. The second kappa shape index (κ2) is 8.26. The molecule has 0 aliphatic carbocycles.